The highest BCUT2D eigenvalue weighted by molar-refractivity contribution is 5.65. The minimum atomic E-state index is -0.684. The van der Waals surface area contributed by atoms with E-state index in [4.69, 9.17) is 4.52 Å². The van der Waals surface area contributed by atoms with E-state index in [-0.39, 0.29) is 17.1 Å². The number of anilines is 1. The van der Waals surface area contributed by atoms with Gasteiger partial charge in [-0.3, -0.25) is 20.2 Å². The van der Waals surface area contributed by atoms with Crippen LogP contribution in [0.3, 0.4) is 0 Å². The highest BCUT2D eigenvalue weighted by atomic mass is 16.6. The number of aryl methyl sites for hydroxylation is 1. The Morgan fingerprint density at radius 1 is 1.32 bits per heavy atom. The minimum Gasteiger partial charge on any atom is -0.369 e. The summed E-state index contributed by atoms with van der Waals surface area (Å²) in [6.07, 6.45) is 0.549. The van der Waals surface area contributed by atoms with Gasteiger partial charge in [-0.15, -0.1) is 0 Å². The van der Waals surface area contributed by atoms with Gasteiger partial charge in [0.05, 0.1) is 22.0 Å². The molecule has 0 aliphatic carbocycles. The summed E-state index contributed by atoms with van der Waals surface area (Å²) in [4.78, 5) is 24.5. The molecule has 0 bridgehead atoms. The van der Waals surface area contributed by atoms with Gasteiger partial charge in [-0.2, -0.15) is 4.98 Å². The summed E-state index contributed by atoms with van der Waals surface area (Å²) in [7, 11) is 0. The molecule has 1 atom stereocenters. The van der Waals surface area contributed by atoms with Gasteiger partial charge in [0.25, 0.3) is 11.4 Å². The number of hydrogen-bond donors (Lipinski definition) is 1. The Bertz CT molecular complexity index is 714. The molecule has 1 aromatic carbocycles. The average Bonchev–Trinajstić information content (AvgIpc) is 2.90. The van der Waals surface area contributed by atoms with Crippen LogP contribution in [0.2, 0.25) is 0 Å². The van der Waals surface area contributed by atoms with Crippen LogP contribution in [0.25, 0.3) is 0 Å². The molecule has 1 unspecified atom stereocenters. The van der Waals surface area contributed by atoms with Crippen molar-refractivity contribution in [1.29, 1.82) is 0 Å². The van der Waals surface area contributed by atoms with Crippen LogP contribution in [0.15, 0.2) is 22.7 Å². The second kappa shape index (κ2) is 6.16. The first kappa shape index (κ1) is 15.4. The van der Waals surface area contributed by atoms with Crippen LogP contribution >= 0.6 is 0 Å². The van der Waals surface area contributed by atoms with Gasteiger partial charge in [-0.25, -0.2) is 0 Å². The summed E-state index contributed by atoms with van der Waals surface area (Å²) < 4.78 is 4.89. The molecular formula is C12H13N5O5. The molecule has 2 aromatic rings. The third kappa shape index (κ3) is 3.16. The number of rotatable bonds is 6. The summed E-state index contributed by atoms with van der Waals surface area (Å²) in [6.45, 7) is 3.48. The Morgan fingerprint density at radius 3 is 2.55 bits per heavy atom. The van der Waals surface area contributed by atoms with Gasteiger partial charge in [0.15, 0.2) is 5.82 Å². The molecule has 0 aliphatic rings. The molecule has 0 radical (unpaired) electrons. The third-order valence-corrected chi connectivity index (χ3v) is 2.98. The van der Waals surface area contributed by atoms with Crippen molar-refractivity contribution in [2.45, 2.75) is 26.3 Å². The van der Waals surface area contributed by atoms with E-state index in [1.54, 1.807) is 6.92 Å². The summed E-state index contributed by atoms with van der Waals surface area (Å²) >= 11 is 0. The predicted octanol–water partition coefficient (Wildman–Crippen LogP) is 2.76. The lowest BCUT2D eigenvalue weighted by Gasteiger charge is -2.14. The number of hydrogen-bond acceptors (Lipinski definition) is 8. The van der Waals surface area contributed by atoms with Crippen LogP contribution in [0, 0.1) is 27.2 Å². The smallest absolute Gasteiger partial charge is 0.299 e. The average molecular weight is 307 g/mol. The van der Waals surface area contributed by atoms with Gasteiger partial charge in [0.2, 0.25) is 5.89 Å². The van der Waals surface area contributed by atoms with Crippen LogP contribution in [0.5, 0.6) is 0 Å². The van der Waals surface area contributed by atoms with Gasteiger partial charge in [0.1, 0.15) is 5.69 Å². The van der Waals surface area contributed by atoms with Gasteiger partial charge in [0, 0.05) is 13.0 Å². The van der Waals surface area contributed by atoms with Crippen molar-refractivity contribution in [2.24, 2.45) is 0 Å². The maximum absolute atomic E-state index is 11.1. The van der Waals surface area contributed by atoms with Gasteiger partial charge in [-0.05, 0) is 12.5 Å². The zero-order chi connectivity index (χ0) is 16.3. The monoisotopic (exact) mass is 307 g/mol. The first-order valence-corrected chi connectivity index (χ1v) is 6.42. The van der Waals surface area contributed by atoms with Crippen LogP contribution in [0.4, 0.5) is 17.1 Å². The van der Waals surface area contributed by atoms with E-state index in [2.05, 4.69) is 15.5 Å². The number of benzene rings is 1. The fourth-order valence-electron chi connectivity index (χ4n) is 1.90. The van der Waals surface area contributed by atoms with Crippen molar-refractivity contribution < 1.29 is 14.4 Å². The maximum atomic E-state index is 11.1. The van der Waals surface area contributed by atoms with Gasteiger partial charge < -0.3 is 9.84 Å². The molecule has 0 amide bonds. The van der Waals surface area contributed by atoms with Gasteiger partial charge in [-0.1, -0.05) is 12.1 Å². The van der Waals surface area contributed by atoms with E-state index in [1.807, 2.05) is 6.92 Å². The second-order valence-electron chi connectivity index (χ2n) is 4.49. The largest absolute Gasteiger partial charge is 0.369 e. The van der Waals surface area contributed by atoms with Crippen LogP contribution in [-0.2, 0) is 0 Å². The quantitative estimate of drug-likeness (QED) is 0.635. The predicted molar refractivity (Wildman–Crippen MR) is 75.4 cm³/mol. The molecule has 0 saturated carbocycles. The molecular weight excluding hydrogens is 294 g/mol. The van der Waals surface area contributed by atoms with Crippen molar-refractivity contribution in [1.82, 2.24) is 10.1 Å². The molecule has 0 saturated heterocycles. The number of nitrogens with one attached hydrogen (secondary N) is 1. The highest BCUT2D eigenvalue weighted by Crippen LogP contribution is 2.32. The maximum Gasteiger partial charge on any atom is 0.299 e. The molecule has 0 spiro atoms. The lowest BCUT2D eigenvalue weighted by Crippen LogP contribution is -2.12. The number of nitrogens with zero attached hydrogens (tertiary/aromatic N) is 4. The molecule has 10 heteroatoms. The molecule has 1 heterocycles. The fraction of sp³-hybridized carbons (Fsp3) is 0.333. The van der Waals surface area contributed by atoms with Crippen LogP contribution in [0.1, 0.15) is 31.1 Å². The molecule has 22 heavy (non-hydrogen) atoms. The van der Waals surface area contributed by atoms with Gasteiger partial charge >= 0.3 is 0 Å². The van der Waals surface area contributed by atoms with Crippen molar-refractivity contribution in [2.75, 3.05) is 5.32 Å². The highest BCUT2D eigenvalue weighted by Gasteiger charge is 2.23. The van der Waals surface area contributed by atoms with E-state index in [1.165, 1.54) is 12.1 Å². The third-order valence-electron chi connectivity index (χ3n) is 2.98. The second-order valence-corrected chi connectivity index (χ2v) is 4.49. The van der Waals surface area contributed by atoms with E-state index in [0.29, 0.717) is 18.1 Å². The molecule has 1 N–H and O–H groups in total. The Morgan fingerprint density at radius 2 is 2.05 bits per heavy atom. The summed E-state index contributed by atoms with van der Waals surface area (Å²) in [5.41, 5.74) is -0.571. The fourth-order valence-corrected chi connectivity index (χ4v) is 1.90. The van der Waals surface area contributed by atoms with E-state index in [9.17, 15) is 20.2 Å². The minimum absolute atomic E-state index is 0.157. The van der Waals surface area contributed by atoms with Crippen molar-refractivity contribution in [3.05, 3.63) is 50.1 Å². The Labute approximate surface area is 124 Å². The Balaban J connectivity index is 2.35. The lowest BCUT2D eigenvalue weighted by atomic mass is 10.1. The SMILES string of the molecule is CCC(Nc1ccc([N+](=O)[O-])cc1[N+](=O)[O-])c1noc(C)n1. The standard InChI is InChI=1S/C12H13N5O5/c1-3-9(12-13-7(2)22-15-12)14-10-5-4-8(16(18)19)6-11(10)17(20)21/h4-6,9,14H,3H2,1-2H3. The van der Waals surface area contributed by atoms with E-state index >= 15 is 0 Å². The Hall–Kier alpha value is -3.04. The first-order chi connectivity index (χ1) is 10.4. The molecule has 0 aliphatic heterocycles. The molecule has 10 nitrogen and oxygen atoms in total. The van der Waals surface area contributed by atoms with E-state index < -0.39 is 15.9 Å². The van der Waals surface area contributed by atoms with Crippen LogP contribution in [-0.4, -0.2) is 20.0 Å². The van der Waals surface area contributed by atoms with E-state index in [0.717, 1.165) is 6.07 Å². The summed E-state index contributed by atoms with van der Waals surface area (Å²) in [5.74, 6) is 0.751. The van der Waals surface area contributed by atoms with Crippen molar-refractivity contribution in [3.63, 3.8) is 0 Å². The normalized spacial score (nSPS) is 11.9. The number of nitro groups is 2. The zero-order valence-corrected chi connectivity index (χ0v) is 11.8. The number of aromatic nitrogens is 2. The molecule has 1 aromatic heterocycles. The number of nitro benzene ring substituents is 2. The molecule has 116 valence electrons. The molecule has 0 fully saturated rings. The molecule has 2 rings (SSSR count). The Kier molecular flexibility index (Phi) is 4.30. The van der Waals surface area contributed by atoms with Crippen molar-refractivity contribution >= 4 is 17.1 Å². The first-order valence-electron chi connectivity index (χ1n) is 6.42. The topological polar surface area (TPSA) is 137 Å². The summed E-state index contributed by atoms with van der Waals surface area (Å²) in [5, 5.41) is 28.5. The van der Waals surface area contributed by atoms with Crippen molar-refractivity contribution in [3.8, 4) is 0 Å². The summed E-state index contributed by atoms with van der Waals surface area (Å²) in [6, 6.07) is 3.00. The lowest BCUT2D eigenvalue weighted by molar-refractivity contribution is -0.393. The van der Waals surface area contributed by atoms with Crippen LogP contribution < -0.4 is 5.32 Å². The number of non-ortho nitro benzene ring substituents is 1. The zero-order valence-electron chi connectivity index (χ0n) is 11.8.